The maximum Gasteiger partial charge on any atom is 0.125 e. The molecule has 0 spiro atoms. The van der Waals surface area contributed by atoms with Crippen molar-refractivity contribution in [3.63, 3.8) is 0 Å². The van der Waals surface area contributed by atoms with Gasteiger partial charge in [-0.25, -0.2) is 0 Å². The third-order valence-corrected chi connectivity index (χ3v) is 3.69. The van der Waals surface area contributed by atoms with Gasteiger partial charge in [0.2, 0.25) is 0 Å². The second-order valence-electron chi connectivity index (χ2n) is 5.10. The lowest BCUT2D eigenvalue weighted by molar-refractivity contribution is 0.415. The highest BCUT2D eigenvalue weighted by atomic mass is 16.5. The Hall–Kier alpha value is -2.81. The number of aromatic nitrogens is 1. The van der Waals surface area contributed by atoms with Crippen LogP contribution < -0.4 is 4.74 Å². The Morgan fingerprint density at radius 2 is 1.68 bits per heavy atom. The molecule has 2 aromatic carbocycles. The number of hydrogen-bond acceptors (Lipinski definition) is 3. The zero-order valence-electron chi connectivity index (χ0n) is 12.6. The molecule has 0 aliphatic heterocycles. The van der Waals surface area contributed by atoms with Crippen LogP contribution in [0.15, 0.2) is 60.8 Å². The van der Waals surface area contributed by atoms with Gasteiger partial charge in [-0.3, -0.25) is 4.98 Å². The minimum Gasteiger partial charge on any atom is -0.507 e. The molecule has 1 heterocycles. The molecule has 3 nitrogen and oxygen atoms in total. The number of nitrogens with zero attached hydrogens (tertiary/aromatic N) is 1. The van der Waals surface area contributed by atoms with Crippen molar-refractivity contribution in [1.29, 1.82) is 0 Å². The van der Waals surface area contributed by atoms with E-state index >= 15 is 0 Å². The summed E-state index contributed by atoms with van der Waals surface area (Å²) in [6.07, 6.45) is 1.73. The van der Waals surface area contributed by atoms with Crippen LogP contribution in [-0.4, -0.2) is 17.2 Å². The quantitative estimate of drug-likeness (QED) is 0.775. The summed E-state index contributed by atoms with van der Waals surface area (Å²) in [5, 5.41) is 10.4. The van der Waals surface area contributed by atoms with Gasteiger partial charge in [-0.05, 0) is 53.9 Å². The van der Waals surface area contributed by atoms with Gasteiger partial charge >= 0.3 is 0 Å². The lowest BCUT2D eigenvalue weighted by atomic mass is 9.92. The van der Waals surface area contributed by atoms with Gasteiger partial charge in [0.25, 0.3) is 0 Å². The van der Waals surface area contributed by atoms with E-state index < -0.39 is 0 Å². The number of aromatic hydroxyl groups is 1. The molecule has 0 aliphatic carbocycles. The van der Waals surface area contributed by atoms with E-state index in [4.69, 9.17) is 4.74 Å². The van der Waals surface area contributed by atoms with Gasteiger partial charge in [0.15, 0.2) is 0 Å². The van der Waals surface area contributed by atoms with Gasteiger partial charge in [-0.1, -0.05) is 24.3 Å². The zero-order chi connectivity index (χ0) is 15.5. The summed E-state index contributed by atoms with van der Waals surface area (Å²) in [6, 6.07) is 17.1. The molecule has 110 valence electrons. The van der Waals surface area contributed by atoms with Gasteiger partial charge in [0.1, 0.15) is 11.5 Å². The van der Waals surface area contributed by atoms with E-state index in [-0.39, 0.29) is 5.75 Å². The molecule has 3 rings (SSSR count). The first-order valence-electron chi connectivity index (χ1n) is 7.09. The minimum atomic E-state index is 0.232. The molecule has 0 saturated carbocycles. The number of phenols is 1. The monoisotopic (exact) mass is 291 g/mol. The van der Waals surface area contributed by atoms with Crippen LogP contribution in [0.1, 0.15) is 5.56 Å². The van der Waals surface area contributed by atoms with Crippen LogP contribution in [0.5, 0.6) is 11.5 Å². The lowest BCUT2D eigenvalue weighted by Gasteiger charge is -2.15. The van der Waals surface area contributed by atoms with Crippen molar-refractivity contribution in [1.82, 2.24) is 4.98 Å². The highest BCUT2D eigenvalue weighted by Crippen LogP contribution is 2.40. The predicted octanol–water partition coefficient (Wildman–Crippen LogP) is 4.44. The molecule has 0 amide bonds. The number of benzene rings is 2. The molecule has 0 aliphatic rings. The summed E-state index contributed by atoms with van der Waals surface area (Å²) >= 11 is 0. The molecular formula is C19H17NO2. The van der Waals surface area contributed by atoms with Crippen LogP contribution in [0, 0.1) is 6.92 Å². The summed E-state index contributed by atoms with van der Waals surface area (Å²) in [5.74, 6) is 1.04. The largest absolute Gasteiger partial charge is 0.507 e. The van der Waals surface area contributed by atoms with Crippen LogP contribution in [-0.2, 0) is 0 Å². The Bertz CT molecular complexity index is 781. The molecule has 22 heavy (non-hydrogen) atoms. The molecule has 0 atom stereocenters. The van der Waals surface area contributed by atoms with Crippen molar-refractivity contribution >= 4 is 0 Å². The second kappa shape index (κ2) is 5.90. The van der Waals surface area contributed by atoms with E-state index in [1.54, 1.807) is 19.4 Å². The summed E-state index contributed by atoms with van der Waals surface area (Å²) < 4.78 is 5.21. The maximum atomic E-state index is 10.4. The SMILES string of the molecule is COc1ccc(-c2c(C)ccc(O)c2-c2ccccn2)cc1. The van der Waals surface area contributed by atoms with Gasteiger partial charge in [0, 0.05) is 6.20 Å². The van der Waals surface area contributed by atoms with E-state index in [0.29, 0.717) is 0 Å². The topological polar surface area (TPSA) is 42.4 Å². The summed E-state index contributed by atoms with van der Waals surface area (Å²) in [7, 11) is 1.65. The predicted molar refractivity (Wildman–Crippen MR) is 88.1 cm³/mol. The van der Waals surface area contributed by atoms with E-state index in [2.05, 4.69) is 4.98 Å². The molecule has 1 N–H and O–H groups in total. The fraction of sp³-hybridized carbons (Fsp3) is 0.105. The number of pyridine rings is 1. The third-order valence-electron chi connectivity index (χ3n) is 3.69. The first kappa shape index (κ1) is 14.1. The average Bonchev–Trinajstić information content (AvgIpc) is 2.57. The molecule has 0 fully saturated rings. The molecular weight excluding hydrogens is 274 g/mol. The molecule has 0 radical (unpaired) electrons. The van der Waals surface area contributed by atoms with Crippen molar-refractivity contribution in [2.24, 2.45) is 0 Å². The Kier molecular flexibility index (Phi) is 3.79. The van der Waals surface area contributed by atoms with Gasteiger partial charge in [0.05, 0.1) is 18.4 Å². The third kappa shape index (κ3) is 2.53. The Morgan fingerprint density at radius 1 is 0.909 bits per heavy atom. The maximum absolute atomic E-state index is 10.4. The summed E-state index contributed by atoms with van der Waals surface area (Å²) in [6.45, 7) is 2.03. The summed E-state index contributed by atoms with van der Waals surface area (Å²) in [5.41, 5.74) is 4.61. The Balaban J connectivity index is 2.24. The Morgan fingerprint density at radius 3 is 2.32 bits per heavy atom. The summed E-state index contributed by atoms with van der Waals surface area (Å²) in [4.78, 5) is 4.39. The van der Waals surface area contributed by atoms with Gasteiger partial charge in [-0.2, -0.15) is 0 Å². The fourth-order valence-corrected chi connectivity index (χ4v) is 2.60. The van der Waals surface area contributed by atoms with Crippen molar-refractivity contribution in [3.05, 3.63) is 66.4 Å². The first-order valence-corrected chi connectivity index (χ1v) is 7.09. The second-order valence-corrected chi connectivity index (χ2v) is 5.10. The van der Waals surface area contributed by atoms with Crippen molar-refractivity contribution in [3.8, 4) is 33.9 Å². The number of phenolic OH excluding ortho intramolecular Hbond substituents is 1. The first-order chi connectivity index (χ1) is 10.7. The molecule has 1 aromatic heterocycles. The standard InChI is InChI=1S/C19H17NO2/c1-13-6-11-17(21)19(16-5-3-4-12-20-16)18(13)14-7-9-15(22-2)10-8-14/h3-12,21H,1-2H3. The normalized spacial score (nSPS) is 10.5. The number of hydrogen-bond donors (Lipinski definition) is 1. The smallest absolute Gasteiger partial charge is 0.125 e. The number of methoxy groups -OCH3 is 1. The lowest BCUT2D eigenvalue weighted by Crippen LogP contribution is -1.92. The molecule has 0 bridgehead atoms. The minimum absolute atomic E-state index is 0.232. The highest BCUT2D eigenvalue weighted by Gasteiger charge is 2.15. The number of rotatable bonds is 3. The van der Waals surface area contributed by atoms with E-state index in [0.717, 1.165) is 33.7 Å². The molecule has 0 unspecified atom stereocenters. The number of aryl methyl sites for hydroxylation is 1. The van der Waals surface area contributed by atoms with Crippen LogP contribution in [0.3, 0.4) is 0 Å². The van der Waals surface area contributed by atoms with Crippen molar-refractivity contribution in [2.45, 2.75) is 6.92 Å². The van der Waals surface area contributed by atoms with Crippen LogP contribution in [0.4, 0.5) is 0 Å². The zero-order valence-corrected chi connectivity index (χ0v) is 12.6. The average molecular weight is 291 g/mol. The van der Waals surface area contributed by atoms with Gasteiger partial charge in [-0.15, -0.1) is 0 Å². The highest BCUT2D eigenvalue weighted by molar-refractivity contribution is 5.88. The molecule has 0 saturated heterocycles. The van der Waals surface area contributed by atoms with Crippen LogP contribution in [0.25, 0.3) is 22.4 Å². The van der Waals surface area contributed by atoms with Crippen molar-refractivity contribution in [2.75, 3.05) is 7.11 Å². The van der Waals surface area contributed by atoms with E-state index in [1.165, 1.54) is 0 Å². The molecule has 3 aromatic rings. The Labute approximate surface area is 129 Å². The van der Waals surface area contributed by atoms with Crippen LogP contribution in [0.2, 0.25) is 0 Å². The van der Waals surface area contributed by atoms with E-state index in [1.807, 2.05) is 55.5 Å². The molecule has 3 heteroatoms. The fourth-order valence-electron chi connectivity index (χ4n) is 2.60. The number of ether oxygens (including phenoxy) is 1. The van der Waals surface area contributed by atoms with Crippen molar-refractivity contribution < 1.29 is 9.84 Å². The van der Waals surface area contributed by atoms with E-state index in [9.17, 15) is 5.11 Å². The van der Waals surface area contributed by atoms with Crippen LogP contribution >= 0.6 is 0 Å². The van der Waals surface area contributed by atoms with Gasteiger partial charge < -0.3 is 9.84 Å².